The molecule has 2 rings (SSSR count). The monoisotopic (exact) mass is 319 g/mol. The molecular weight excluding hydrogens is 290 g/mol. The molecule has 1 saturated heterocycles. The van der Waals surface area contributed by atoms with Crippen molar-refractivity contribution < 1.29 is 9.90 Å². The summed E-state index contributed by atoms with van der Waals surface area (Å²) in [5.41, 5.74) is 7.03. The van der Waals surface area contributed by atoms with Crippen LogP contribution in [0.5, 0.6) is 0 Å². The summed E-state index contributed by atoms with van der Waals surface area (Å²) >= 11 is 0. The fraction of sp³-hybridized carbons (Fsp3) is 0.611. The molecule has 1 aromatic rings. The van der Waals surface area contributed by atoms with Gasteiger partial charge in [0.15, 0.2) is 0 Å². The molecule has 5 heteroatoms. The summed E-state index contributed by atoms with van der Waals surface area (Å²) in [6.07, 6.45) is 2.11. The van der Waals surface area contributed by atoms with Crippen molar-refractivity contribution in [1.82, 2.24) is 9.80 Å². The van der Waals surface area contributed by atoms with E-state index in [4.69, 9.17) is 5.73 Å². The van der Waals surface area contributed by atoms with E-state index < -0.39 is 0 Å². The first-order chi connectivity index (χ1) is 10.9. The van der Waals surface area contributed by atoms with E-state index in [1.807, 2.05) is 25.1 Å². The highest BCUT2D eigenvalue weighted by Crippen LogP contribution is 2.19. The quantitative estimate of drug-likeness (QED) is 0.795. The standard InChI is InChI=1S/C18H29N3O2/c1-14(22)11-21-8-6-15(7-9-21)12-20(2)13-16-4-3-5-17(10-16)18(19)23/h3-5,10,14-15,22H,6-9,11-13H2,1-2H3,(H2,19,23)/t14-/m0/s1. The average molecular weight is 319 g/mol. The van der Waals surface area contributed by atoms with E-state index in [0.29, 0.717) is 11.5 Å². The second kappa shape index (κ2) is 8.43. The second-order valence-corrected chi connectivity index (χ2v) is 6.85. The fourth-order valence-corrected chi connectivity index (χ4v) is 3.37. The second-order valence-electron chi connectivity index (χ2n) is 6.85. The van der Waals surface area contributed by atoms with Crippen LogP contribution in [0.4, 0.5) is 0 Å². The highest BCUT2D eigenvalue weighted by atomic mass is 16.3. The van der Waals surface area contributed by atoms with Crippen molar-refractivity contribution in [2.75, 3.05) is 33.2 Å². The number of nitrogens with two attached hydrogens (primary N) is 1. The van der Waals surface area contributed by atoms with Gasteiger partial charge in [-0.3, -0.25) is 4.79 Å². The van der Waals surface area contributed by atoms with E-state index in [-0.39, 0.29) is 12.0 Å². The number of benzene rings is 1. The first kappa shape index (κ1) is 17.9. The number of rotatable bonds is 7. The molecule has 1 aliphatic heterocycles. The van der Waals surface area contributed by atoms with Crippen molar-refractivity contribution in [1.29, 1.82) is 0 Å². The summed E-state index contributed by atoms with van der Waals surface area (Å²) in [7, 11) is 2.12. The number of carbonyl (C=O) groups is 1. The van der Waals surface area contributed by atoms with Crippen LogP contribution >= 0.6 is 0 Å². The van der Waals surface area contributed by atoms with Gasteiger partial charge in [0.2, 0.25) is 5.91 Å². The molecule has 128 valence electrons. The van der Waals surface area contributed by atoms with Gasteiger partial charge in [0.1, 0.15) is 0 Å². The lowest BCUT2D eigenvalue weighted by atomic mass is 9.96. The van der Waals surface area contributed by atoms with Crippen molar-refractivity contribution >= 4 is 5.91 Å². The van der Waals surface area contributed by atoms with Crippen LogP contribution in [0.3, 0.4) is 0 Å². The summed E-state index contributed by atoms with van der Waals surface area (Å²) in [5.74, 6) is 0.324. The molecule has 0 spiro atoms. The molecule has 0 unspecified atom stereocenters. The molecule has 3 N–H and O–H groups in total. The molecule has 1 amide bonds. The Kier molecular flexibility index (Phi) is 6.57. The van der Waals surface area contributed by atoms with E-state index in [9.17, 15) is 9.90 Å². The van der Waals surface area contributed by atoms with E-state index in [2.05, 4.69) is 16.8 Å². The third kappa shape index (κ3) is 5.94. The molecule has 1 fully saturated rings. The maximum Gasteiger partial charge on any atom is 0.248 e. The third-order valence-corrected chi connectivity index (χ3v) is 4.46. The zero-order chi connectivity index (χ0) is 16.8. The largest absolute Gasteiger partial charge is 0.392 e. The van der Waals surface area contributed by atoms with Gasteiger partial charge in [-0.15, -0.1) is 0 Å². The Bertz CT molecular complexity index is 511. The Morgan fingerprint density at radius 1 is 1.43 bits per heavy atom. The number of hydrogen-bond donors (Lipinski definition) is 2. The number of hydrogen-bond acceptors (Lipinski definition) is 4. The molecule has 1 aromatic carbocycles. The number of aliphatic hydroxyl groups is 1. The van der Waals surface area contributed by atoms with Crippen LogP contribution in [0.15, 0.2) is 24.3 Å². The van der Waals surface area contributed by atoms with Crippen molar-refractivity contribution in [3.63, 3.8) is 0 Å². The van der Waals surface area contributed by atoms with Gasteiger partial charge in [0.05, 0.1) is 6.10 Å². The third-order valence-electron chi connectivity index (χ3n) is 4.46. The molecule has 0 radical (unpaired) electrons. The van der Waals surface area contributed by atoms with Crippen LogP contribution in [0.25, 0.3) is 0 Å². The lowest BCUT2D eigenvalue weighted by Gasteiger charge is -2.34. The van der Waals surface area contributed by atoms with Crippen LogP contribution in [-0.4, -0.2) is 60.1 Å². The summed E-state index contributed by atoms with van der Waals surface area (Å²) in [4.78, 5) is 15.9. The minimum Gasteiger partial charge on any atom is -0.392 e. The minimum absolute atomic E-state index is 0.244. The molecule has 0 saturated carbocycles. The van der Waals surface area contributed by atoms with Crippen LogP contribution in [0.2, 0.25) is 0 Å². The van der Waals surface area contributed by atoms with Gasteiger partial charge in [-0.25, -0.2) is 0 Å². The number of piperidine rings is 1. The van der Waals surface area contributed by atoms with Gasteiger partial charge >= 0.3 is 0 Å². The molecule has 1 aliphatic rings. The van der Waals surface area contributed by atoms with Crippen LogP contribution in [0.1, 0.15) is 35.7 Å². The number of likely N-dealkylation sites (tertiary alicyclic amines) is 1. The maximum atomic E-state index is 11.2. The number of amides is 1. The molecule has 0 aliphatic carbocycles. The smallest absolute Gasteiger partial charge is 0.248 e. The van der Waals surface area contributed by atoms with Gasteiger partial charge in [0.25, 0.3) is 0 Å². The summed E-state index contributed by atoms with van der Waals surface area (Å²) in [5, 5.41) is 9.46. The minimum atomic E-state index is -0.375. The average Bonchev–Trinajstić information content (AvgIpc) is 2.49. The Labute approximate surface area is 139 Å². The fourth-order valence-electron chi connectivity index (χ4n) is 3.37. The SMILES string of the molecule is C[C@H](O)CN1CCC(CN(C)Cc2cccc(C(N)=O)c2)CC1. The van der Waals surface area contributed by atoms with Gasteiger partial charge in [-0.2, -0.15) is 0 Å². The van der Waals surface area contributed by atoms with Gasteiger partial charge in [-0.05, 0) is 63.5 Å². The van der Waals surface area contributed by atoms with Crippen molar-refractivity contribution in [3.8, 4) is 0 Å². The summed E-state index contributed by atoms with van der Waals surface area (Å²) < 4.78 is 0. The highest BCUT2D eigenvalue weighted by molar-refractivity contribution is 5.92. The first-order valence-electron chi connectivity index (χ1n) is 8.41. The number of carbonyl (C=O) groups excluding carboxylic acids is 1. The molecule has 5 nitrogen and oxygen atoms in total. The Morgan fingerprint density at radius 3 is 2.74 bits per heavy atom. The van der Waals surface area contributed by atoms with Crippen molar-refractivity contribution in [2.45, 2.75) is 32.4 Å². The number of β-amino-alcohol motifs (C(OH)–C–C–N with tert-alkyl or cyclic N) is 1. The predicted molar refractivity (Wildman–Crippen MR) is 92.1 cm³/mol. The number of aliphatic hydroxyl groups excluding tert-OH is 1. The van der Waals surface area contributed by atoms with Crippen molar-refractivity contribution in [3.05, 3.63) is 35.4 Å². The number of nitrogens with zero attached hydrogens (tertiary/aromatic N) is 2. The lowest BCUT2D eigenvalue weighted by molar-refractivity contribution is 0.0919. The van der Waals surface area contributed by atoms with Crippen LogP contribution < -0.4 is 5.73 Å². The summed E-state index contributed by atoms with van der Waals surface area (Å²) in [6, 6.07) is 7.56. The van der Waals surface area contributed by atoms with Gasteiger partial charge in [0, 0.05) is 25.2 Å². The Balaban J connectivity index is 1.78. The molecule has 23 heavy (non-hydrogen) atoms. The van der Waals surface area contributed by atoms with Crippen LogP contribution in [-0.2, 0) is 6.54 Å². The van der Waals surface area contributed by atoms with Gasteiger partial charge in [-0.1, -0.05) is 12.1 Å². The summed E-state index contributed by atoms with van der Waals surface area (Å²) in [6.45, 7) is 6.65. The molecule has 0 aromatic heterocycles. The molecule has 0 bridgehead atoms. The molecule has 1 atom stereocenters. The van der Waals surface area contributed by atoms with E-state index >= 15 is 0 Å². The molecular formula is C18H29N3O2. The Morgan fingerprint density at radius 2 is 2.13 bits per heavy atom. The topological polar surface area (TPSA) is 69.8 Å². The zero-order valence-corrected chi connectivity index (χ0v) is 14.2. The maximum absolute atomic E-state index is 11.2. The Hall–Kier alpha value is -1.43. The number of primary amides is 1. The van der Waals surface area contributed by atoms with E-state index in [0.717, 1.165) is 38.3 Å². The predicted octanol–water partition coefficient (Wildman–Crippen LogP) is 1.31. The zero-order valence-electron chi connectivity index (χ0n) is 14.2. The lowest BCUT2D eigenvalue weighted by Crippen LogP contribution is -2.40. The highest BCUT2D eigenvalue weighted by Gasteiger charge is 2.21. The normalized spacial score (nSPS) is 18.3. The van der Waals surface area contributed by atoms with Crippen LogP contribution in [0, 0.1) is 5.92 Å². The first-order valence-corrected chi connectivity index (χ1v) is 8.41. The van der Waals surface area contributed by atoms with Crippen molar-refractivity contribution in [2.24, 2.45) is 11.7 Å². The van der Waals surface area contributed by atoms with E-state index in [1.165, 1.54) is 12.8 Å². The molecule has 1 heterocycles. The van der Waals surface area contributed by atoms with Gasteiger partial charge < -0.3 is 20.6 Å². The van der Waals surface area contributed by atoms with E-state index in [1.54, 1.807) is 6.07 Å².